The van der Waals surface area contributed by atoms with Crippen LogP contribution >= 0.6 is 0 Å². The Kier molecular flexibility index (Phi) is 4.55. The van der Waals surface area contributed by atoms with Crippen LogP contribution in [0.4, 0.5) is 14.7 Å². The fraction of sp³-hybridized carbons (Fsp3) is 0.333. The molecule has 4 rings (SSSR count). The summed E-state index contributed by atoms with van der Waals surface area (Å²) in [6.45, 7) is 2.47. The maximum Gasteiger partial charge on any atom is 0.225 e. The van der Waals surface area contributed by atoms with E-state index in [0.717, 1.165) is 37.9 Å². The van der Waals surface area contributed by atoms with Crippen LogP contribution in [-0.4, -0.2) is 38.1 Å². The lowest BCUT2D eigenvalue weighted by Gasteiger charge is -2.32. The van der Waals surface area contributed by atoms with Crippen molar-refractivity contribution in [3.8, 4) is 11.3 Å². The second kappa shape index (κ2) is 7.15. The minimum atomic E-state index is -0.625. The zero-order chi connectivity index (χ0) is 17.9. The summed E-state index contributed by atoms with van der Waals surface area (Å²) in [6.07, 6.45) is 7.35. The van der Waals surface area contributed by atoms with Crippen LogP contribution in [-0.2, 0) is 6.54 Å². The molecule has 2 aromatic heterocycles. The lowest BCUT2D eigenvalue weighted by Crippen LogP contribution is -2.38. The van der Waals surface area contributed by atoms with Crippen molar-refractivity contribution in [2.24, 2.45) is 5.92 Å². The predicted molar refractivity (Wildman–Crippen MR) is 92.3 cm³/mol. The first-order valence-corrected chi connectivity index (χ1v) is 8.56. The number of aromatic nitrogens is 5. The first-order chi connectivity index (χ1) is 12.7. The molecule has 0 saturated carbocycles. The summed E-state index contributed by atoms with van der Waals surface area (Å²) in [6, 6.07) is 5.16. The molecule has 1 saturated heterocycles. The average molecular weight is 356 g/mol. The van der Waals surface area contributed by atoms with E-state index in [1.165, 1.54) is 12.1 Å². The first kappa shape index (κ1) is 16.6. The van der Waals surface area contributed by atoms with E-state index in [4.69, 9.17) is 0 Å². The largest absolute Gasteiger partial charge is 0.340 e. The van der Waals surface area contributed by atoms with Crippen LogP contribution in [0.5, 0.6) is 0 Å². The summed E-state index contributed by atoms with van der Waals surface area (Å²) in [5, 5.41) is 8.17. The van der Waals surface area contributed by atoms with Gasteiger partial charge in [-0.1, -0.05) is 5.21 Å². The highest BCUT2D eigenvalue weighted by atomic mass is 19.1. The Bertz CT molecular complexity index is 862. The maximum absolute atomic E-state index is 13.4. The van der Waals surface area contributed by atoms with Crippen molar-refractivity contribution < 1.29 is 8.78 Å². The molecule has 0 spiro atoms. The van der Waals surface area contributed by atoms with E-state index in [9.17, 15) is 8.78 Å². The van der Waals surface area contributed by atoms with Gasteiger partial charge in [0.1, 0.15) is 17.3 Å². The topological polar surface area (TPSA) is 59.7 Å². The molecule has 1 fully saturated rings. The van der Waals surface area contributed by atoms with Gasteiger partial charge in [0.15, 0.2) is 0 Å². The number of rotatable bonds is 4. The van der Waals surface area contributed by atoms with Crippen LogP contribution in [0, 0.1) is 17.6 Å². The van der Waals surface area contributed by atoms with Crippen LogP contribution < -0.4 is 4.90 Å². The highest BCUT2D eigenvalue weighted by Crippen LogP contribution is 2.23. The lowest BCUT2D eigenvalue weighted by molar-refractivity contribution is 0.346. The van der Waals surface area contributed by atoms with E-state index >= 15 is 0 Å². The number of hydrogen-bond donors (Lipinski definition) is 0. The van der Waals surface area contributed by atoms with Gasteiger partial charge in [0, 0.05) is 43.7 Å². The smallest absolute Gasteiger partial charge is 0.225 e. The molecule has 1 atom stereocenters. The van der Waals surface area contributed by atoms with Gasteiger partial charge < -0.3 is 4.90 Å². The fourth-order valence-electron chi connectivity index (χ4n) is 3.34. The Morgan fingerprint density at radius 3 is 2.62 bits per heavy atom. The van der Waals surface area contributed by atoms with Gasteiger partial charge in [-0.15, -0.1) is 5.10 Å². The summed E-state index contributed by atoms with van der Waals surface area (Å²) in [7, 11) is 0. The summed E-state index contributed by atoms with van der Waals surface area (Å²) >= 11 is 0. The molecule has 0 radical (unpaired) electrons. The lowest BCUT2D eigenvalue weighted by atomic mass is 9.98. The first-order valence-electron chi connectivity index (χ1n) is 8.56. The van der Waals surface area contributed by atoms with Crippen molar-refractivity contribution in [1.29, 1.82) is 0 Å². The SMILES string of the molecule is Fc1cc(F)cc(-c2cn(CC3CCCN(c4ncccn4)C3)nn2)c1. The van der Waals surface area contributed by atoms with Crippen LogP contribution in [0.25, 0.3) is 11.3 Å². The van der Waals surface area contributed by atoms with Crippen LogP contribution in [0.1, 0.15) is 12.8 Å². The van der Waals surface area contributed by atoms with Crippen molar-refractivity contribution in [1.82, 2.24) is 25.0 Å². The zero-order valence-corrected chi connectivity index (χ0v) is 14.1. The third-order valence-corrected chi connectivity index (χ3v) is 4.50. The van der Waals surface area contributed by atoms with Gasteiger partial charge in [-0.3, -0.25) is 4.68 Å². The van der Waals surface area contributed by atoms with Gasteiger partial charge in [0.05, 0.1) is 6.20 Å². The van der Waals surface area contributed by atoms with Crippen molar-refractivity contribution in [3.63, 3.8) is 0 Å². The molecule has 0 bridgehead atoms. The van der Waals surface area contributed by atoms with Crippen LogP contribution in [0.2, 0.25) is 0 Å². The third kappa shape index (κ3) is 3.68. The Labute approximate surface area is 149 Å². The normalized spacial score (nSPS) is 17.5. The van der Waals surface area contributed by atoms with Gasteiger partial charge in [-0.25, -0.2) is 18.7 Å². The monoisotopic (exact) mass is 356 g/mol. The van der Waals surface area contributed by atoms with Crippen LogP contribution in [0.15, 0.2) is 42.9 Å². The Morgan fingerprint density at radius 1 is 1.08 bits per heavy atom. The van der Waals surface area contributed by atoms with Crippen molar-refractivity contribution in [3.05, 3.63) is 54.5 Å². The second-order valence-corrected chi connectivity index (χ2v) is 6.49. The van der Waals surface area contributed by atoms with E-state index < -0.39 is 11.6 Å². The molecule has 0 N–H and O–H groups in total. The molecule has 6 nitrogen and oxygen atoms in total. The number of hydrogen-bond acceptors (Lipinski definition) is 5. The van der Waals surface area contributed by atoms with Gasteiger partial charge in [-0.05, 0) is 37.0 Å². The number of halogens is 2. The Balaban J connectivity index is 1.45. The Hall–Kier alpha value is -2.90. The second-order valence-electron chi connectivity index (χ2n) is 6.49. The Morgan fingerprint density at radius 2 is 1.85 bits per heavy atom. The zero-order valence-electron chi connectivity index (χ0n) is 14.1. The minimum Gasteiger partial charge on any atom is -0.340 e. The molecule has 1 aromatic carbocycles. The highest BCUT2D eigenvalue weighted by molar-refractivity contribution is 5.57. The van der Waals surface area contributed by atoms with Crippen molar-refractivity contribution >= 4 is 5.95 Å². The number of benzene rings is 1. The molecule has 134 valence electrons. The molecule has 0 amide bonds. The molecule has 1 unspecified atom stereocenters. The molecule has 0 aliphatic carbocycles. The minimum absolute atomic E-state index is 0.381. The molecule has 8 heteroatoms. The summed E-state index contributed by atoms with van der Waals surface area (Å²) in [5.74, 6) is -0.126. The van der Waals surface area contributed by atoms with E-state index in [1.807, 2.05) is 0 Å². The molecule has 1 aliphatic rings. The number of anilines is 1. The quantitative estimate of drug-likeness (QED) is 0.719. The molecular formula is C18H18F2N6. The van der Waals surface area contributed by atoms with E-state index in [-0.39, 0.29) is 0 Å². The summed E-state index contributed by atoms with van der Waals surface area (Å²) < 4.78 is 28.5. The maximum atomic E-state index is 13.4. The van der Waals surface area contributed by atoms with Gasteiger partial charge >= 0.3 is 0 Å². The predicted octanol–water partition coefficient (Wildman–Crippen LogP) is 2.93. The molecule has 26 heavy (non-hydrogen) atoms. The third-order valence-electron chi connectivity index (χ3n) is 4.50. The molecule has 3 aromatic rings. The summed E-state index contributed by atoms with van der Waals surface area (Å²) in [5.41, 5.74) is 0.846. The van der Waals surface area contributed by atoms with E-state index in [0.29, 0.717) is 23.7 Å². The van der Waals surface area contributed by atoms with Crippen molar-refractivity contribution in [2.45, 2.75) is 19.4 Å². The van der Waals surface area contributed by atoms with Gasteiger partial charge in [-0.2, -0.15) is 0 Å². The van der Waals surface area contributed by atoms with Gasteiger partial charge in [0.25, 0.3) is 0 Å². The summed E-state index contributed by atoms with van der Waals surface area (Å²) in [4.78, 5) is 10.8. The molecule has 3 heterocycles. The van der Waals surface area contributed by atoms with Gasteiger partial charge in [0.2, 0.25) is 5.95 Å². The fourth-order valence-corrected chi connectivity index (χ4v) is 3.34. The van der Waals surface area contributed by atoms with Crippen molar-refractivity contribution in [2.75, 3.05) is 18.0 Å². The van der Waals surface area contributed by atoms with E-state index in [2.05, 4.69) is 25.2 Å². The number of piperidine rings is 1. The molecule has 1 aliphatic heterocycles. The molecular weight excluding hydrogens is 338 g/mol. The standard InChI is InChI=1S/C18H18F2N6/c19-15-7-14(8-16(20)9-15)17-12-26(24-23-17)11-13-3-1-6-25(10-13)18-21-4-2-5-22-18/h2,4-5,7-9,12-13H,1,3,6,10-11H2. The van der Waals surface area contributed by atoms with E-state index in [1.54, 1.807) is 29.3 Å². The number of nitrogens with zero attached hydrogens (tertiary/aromatic N) is 6. The van der Waals surface area contributed by atoms with Crippen LogP contribution in [0.3, 0.4) is 0 Å². The average Bonchev–Trinajstić information content (AvgIpc) is 3.10. The highest BCUT2D eigenvalue weighted by Gasteiger charge is 2.22.